The minimum atomic E-state index is -0.665. The fourth-order valence-electron chi connectivity index (χ4n) is 2.93. The fraction of sp³-hybridized carbons (Fsp3) is 0.200. The standard InChI is InChI=1S/C20H17FN2O3S/c21-16-12-15(4-5-17(16)24)14-3-1-2-13(10-14)11-18-19(25)22-20(27-18)23-6-8-26-9-7-23/h1-5,10-12,24H,6-9H2. The Bertz CT molecular complexity index is 952. The third-order valence-electron chi connectivity index (χ3n) is 4.36. The van der Waals surface area contributed by atoms with E-state index in [4.69, 9.17) is 4.74 Å². The first-order valence-corrected chi connectivity index (χ1v) is 9.36. The van der Waals surface area contributed by atoms with Crippen molar-refractivity contribution in [2.24, 2.45) is 4.99 Å². The van der Waals surface area contributed by atoms with E-state index in [1.807, 2.05) is 24.3 Å². The van der Waals surface area contributed by atoms with Gasteiger partial charge in [-0.1, -0.05) is 24.3 Å². The topological polar surface area (TPSA) is 62.1 Å². The maximum Gasteiger partial charge on any atom is 0.286 e. The minimum Gasteiger partial charge on any atom is -0.505 e. The highest BCUT2D eigenvalue weighted by molar-refractivity contribution is 8.18. The molecule has 0 radical (unpaired) electrons. The number of morpholine rings is 1. The van der Waals surface area contributed by atoms with E-state index < -0.39 is 5.82 Å². The van der Waals surface area contributed by atoms with Gasteiger partial charge in [-0.2, -0.15) is 4.99 Å². The first-order valence-electron chi connectivity index (χ1n) is 8.54. The molecule has 0 bridgehead atoms. The smallest absolute Gasteiger partial charge is 0.286 e. The van der Waals surface area contributed by atoms with Gasteiger partial charge < -0.3 is 14.7 Å². The SMILES string of the molecule is O=C1N=C(N2CCOCC2)SC1=Cc1cccc(-c2ccc(O)c(F)c2)c1. The van der Waals surface area contributed by atoms with Gasteiger partial charge in [0.1, 0.15) is 0 Å². The van der Waals surface area contributed by atoms with E-state index in [0.717, 1.165) is 24.2 Å². The molecular formula is C20H17FN2O3S. The van der Waals surface area contributed by atoms with Gasteiger partial charge in [0.15, 0.2) is 16.7 Å². The lowest BCUT2D eigenvalue weighted by atomic mass is 10.0. The number of aromatic hydroxyl groups is 1. The molecule has 0 spiro atoms. The molecule has 2 heterocycles. The Labute approximate surface area is 160 Å². The summed E-state index contributed by atoms with van der Waals surface area (Å²) in [6.45, 7) is 2.73. The monoisotopic (exact) mass is 384 g/mol. The van der Waals surface area contributed by atoms with E-state index in [1.165, 1.54) is 23.9 Å². The van der Waals surface area contributed by atoms with Crippen LogP contribution in [0.15, 0.2) is 52.4 Å². The lowest BCUT2D eigenvalue weighted by Crippen LogP contribution is -2.38. The second-order valence-corrected chi connectivity index (χ2v) is 7.21. The normalized spacial score (nSPS) is 18.9. The lowest BCUT2D eigenvalue weighted by molar-refractivity contribution is -0.113. The number of ether oxygens (including phenoxy) is 1. The van der Waals surface area contributed by atoms with Crippen molar-refractivity contribution in [2.45, 2.75) is 0 Å². The Kier molecular flexibility index (Phi) is 4.96. The predicted molar refractivity (Wildman–Crippen MR) is 104 cm³/mol. The van der Waals surface area contributed by atoms with Crippen molar-refractivity contribution in [1.29, 1.82) is 0 Å². The van der Waals surface area contributed by atoms with E-state index >= 15 is 0 Å². The molecule has 138 valence electrons. The molecule has 7 heteroatoms. The molecule has 5 nitrogen and oxygen atoms in total. The van der Waals surface area contributed by atoms with Gasteiger partial charge in [-0.25, -0.2) is 4.39 Å². The minimum absolute atomic E-state index is 0.248. The number of thioether (sulfide) groups is 1. The molecule has 27 heavy (non-hydrogen) atoms. The third kappa shape index (κ3) is 3.89. The zero-order chi connectivity index (χ0) is 18.8. The fourth-order valence-corrected chi connectivity index (χ4v) is 3.90. The first-order chi connectivity index (χ1) is 13.1. The van der Waals surface area contributed by atoms with Crippen LogP contribution in [0, 0.1) is 5.82 Å². The second kappa shape index (κ2) is 7.54. The van der Waals surface area contributed by atoms with E-state index in [1.54, 1.807) is 12.1 Å². The van der Waals surface area contributed by atoms with Crippen molar-refractivity contribution in [3.63, 3.8) is 0 Å². The van der Waals surface area contributed by atoms with Crippen molar-refractivity contribution in [2.75, 3.05) is 26.3 Å². The molecule has 0 saturated carbocycles. The number of hydrogen-bond donors (Lipinski definition) is 1. The molecular weight excluding hydrogens is 367 g/mol. The van der Waals surface area contributed by atoms with Crippen LogP contribution in [-0.2, 0) is 9.53 Å². The maximum atomic E-state index is 13.6. The summed E-state index contributed by atoms with van der Waals surface area (Å²) >= 11 is 1.37. The van der Waals surface area contributed by atoms with Crippen LogP contribution >= 0.6 is 11.8 Å². The van der Waals surface area contributed by atoms with Crippen LogP contribution in [0.3, 0.4) is 0 Å². The Morgan fingerprint density at radius 2 is 1.93 bits per heavy atom. The van der Waals surface area contributed by atoms with Gasteiger partial charge in [-0.05, 0) is 52.7 Å². The Hall–Kier alpha value is -2.64. The van der Waals surface area contributed by atoms with Crippen LogP contribution in [0.1, 0.15) is 5.56 Å². The van der Waals surface area contributed by atoms with Crippen molar-refractivity contribution < 1.29 is 19.0 Å². The average molecular weight is 384 g/mol. The number of amidine groups is 1. The summed E-state index contributed by atoms with van der Waals surface area (Å²) in [5.41, 5.74) is 2.28. The zero-order valence-corrected chi connectivity index (χ0v) is 15.2. The van der Waals surface area contributed by atoms with Gasteiger partial charge in [0, 0.05) is 13.1 Å². The van der Waals surface area contributed by atoms with Crippen LogP contribution in [0.25, 0.3) is 17.2 Å². The van der Waals surface area contributed by atoms with Crippen molar-refractivity contribution in [1.82, 2.24) is 4.90 Å². The summed E-state index contributed by atoms with van der Waals surface area (Å²) in [6, 6.07) is 11.7. The molecule has 1 amide bonds. The summed E-state index contributed by atoms with van der Waals surface area (Å²) in [6.07, 6.45) is 1.80. The predicted octanol–water partition coefficient (Wildman–Crippen LogP) is 3.50. The second-order valence-electron chi connectivity index (χ2n) is 6.20. The summed E-state index contributed by atoms with van der Waals surface area (Å²) in [5, 5.41) is 10.1. The highest BCUT2D eigenvalue weighted by Gasteiger charge is 2.27. The summed E-state index contributed by atoms with van der Waals surface area (Å²) in [7, 11) is 0. The number of hydrogen-bond acceptors (Lipinski definition) is 5. The number of aliphatic imine (C=N–C) groups is 1. The van der Waals surface area contributed by atoms with Crippen LogP contribution in [0.5, 0.6) is 5.75 Å². The van der Waals surface area contributed by atoms with Crippen molar-refractivity contribution in [3.8, 4) is 16.9 Å². The van der Waals surface area contributed by atoms with E-state index in [-0.39, 0.29) is 11.7 Å². The quantitative estimate of drug-likeness (QED) is 0.803. The van der Waals surface area contributed by atoms with E-state index in [9.17, 15) is 14.3 Å². The largest absolute Gasteiger partial charge is 0.505 e. The van der Waals surface area contributed by atoms with Crippen LogP contribution in [0.4, 0.5) is 4.39 Å². The number of amides is 1. The number of phenolic OH excluding ortho intramolecular Hbond substituents is 1. The summed E-state index contributed by atoms with van der Waals surface area (Å²) < 4.78 is 19.0. The Balaban J connectivity index is 1.56. The molecule has 0 aromatic heterocycles. The van der Waals surface area contributed by atoms with E-state index in [2.05, 4.69) is 9.89 Å². The van der Waals surface area contributed by atoms with Crippen LogP contribution < -0.4 is 0 Å². The number of nitrogens with zero attached hydrogens (tertiary/aromatic N) is 2. The average Bonchev–Trinajstić information content (AvgIpc) is 3.05. The number of benzene rings is 2. The van der Waals surface area contributed by atoms with Crippen LogP contribution in [-0.4, -0.2) is 47.4 Å². The number of rotatable bonds is 2. The third-order valence-corrected chi connectivity index (χ3v) is 5.40. The van der Waals surface area contributed by atoms with Gasteiger partial charge in [0.25, 0.3) is 5.91 Å². The van der Waals surface area contributed by atoms with E-state index in [0.29, 0.717) is 28.9 Å². The maximum absolute atomic E-state index is 13.6. The Morgan fingerprint density at radius 1 is 1.15 bits per heavy atom. The summed E-state index contributed by atoms with van der Waals surface area (Å²) in [5.74, 6) is -1.29. The van der Waals surface area contributed by atoms with Crippen molar-refractivity contribution in [3.05, 3.63) is 58.8 Å². The Morgan fingerprint density at radius 3 is 2.70 bits per heavy atom. The molecule has 1 saturated heterocycles. The van der Waals surface area contributed by atoms with Gasteiger partial charge in [0.2, 0.25) is 0 Å². The number of halogens is 1. The number of carbonyl (C=O) groups is 1. The first kappa shape index (κ1) is 17.8. The van der Waals surface area contributed by atoms with Gasteiger partial charge >= 0.3 is 0 Å². The summed E-state index contributed by atoms with van der Waals surface area (Å²) in [4.78, 5) is 19.0. The zero-order valence-electron chi connectivity index (χ0n) is 14.4. The number of carbonyl (C=O) groups excluding carboxylic acids is 1. The molecule has 0 atom stereocenters. The molecule has 2 aliphatic rings. The highest BCUT2D eigenvalue weighted by atomic mass is 32.2. The van der Waals surface area contributed by atoms with Crippen LogP contribution in [0.2, 0.25) is 0 Å². The van der Waals surface area contributed by atoms with Gasteiger partial charge in [0.05, 0.1) is 18.1 Å². The molecule has 2 aliphatic heterocycles. The van der Waals surface area contributed by atoms with Gasteiger partial charge in [-0.15, -0.1) is 0 Å². The molecule has 2 aromatic carbocycles. The molecule has 4 rings (SSSR count). The molecule has 0 aliphatic carbocycles. The highest BCUT2D eigenvalue weighted by Crippen LogP contribution is 2.32. The molecule has 1 fully saturated rings. The van der Waals surface area contributed by atoms with Crippen molar-refractivity contribution >= 4 is 28.9 Å². The molecule has 1 N–H and O–H groups in total. The molecule has 0 unspecified atom stereocenters. The van der Waals surface area contributed by atoms with Gasteiger partial charge in [-0.3, -0.25) is 4.79 Å². The lowest BCUT2D eigenvalue weighted by Gasteiger charge is -2.27. The number of phenols is 1. The molecule has 2 aromatic rings.